The highest BCUT2D eigenvalue weighted by Crippen LogP contribution is 2.37. The van der Waals surface area contributed by atoms with Gasteiger partial charge in [-0.3, -0.25) is 4.98 Å². The molecule has 1 N–H and O–H groups in total. The summed E-state index contributed by atoms with van der Waals surface area (Å²) in [6.07, 6.45) is 3.63. The fourth-order valence-electron chi connectivity index (χ4n) is 4.20. The van der Waals surface area contributed by atoms with E-state index in [4.69, 9.17) is 11.6 Å². The number of para-hydroxylation sites is 1. The molecule has 0 amide bonds. The Kier molecular flexibility index (Phi) is 5.62. The van der Waals surface area contributed by atoms with Gasteiger partial charge in [0.2, 0.25) is 10.0 Å². The second-order valence-corrected chi connectivity index (χ2v) is 10.1. The molecule has 1 aromatic heterocycles. The van der Waals surface area contributed by atoms with Crippen LogP contribution in [-0.4, -0.2) is 42.5 Å². The minimum atomic E-state index is -3.74. The first-order valence-corrected chi connectivity index (χ1v) is 11.4. The number of nitrogens with zero attached hydrogens (tertiary/aromatic N) is 2. The summed E-state index contributed by atoms with van der Waals surface area (Å²) in [5.74, 6) is 0. The summed E-state index contributed by atoms with van der Waals surface area (Å²) in [7, 11) is -3.74. The molecule has 0 radical (unpaired) electrons. The Morgan fingerprint density at radius 3 is 2.72 bits per heavy atom. The van der Waals surface area contributed by atoms with Gasteiger partial charge in [-0.25, -0.2) is 8.42 Å². The lowest BCUT2D eigenvalue weighted by atomic mass is 9.76. The first-order chi connectivity index (χ1) is 13.9. The molecule has 1 saturated heterocycles. The maximum atomic E-state index is 13.5. The first kappa shape index (κ1) is 20.3. The second kappa shape index (κ2) is 8.03. The van der Waals surface area contributed by atoms with Crippen molar-refractivity contribution >= 4 is 32.5 Å². The number of rotatable bonds is 5. The molecule has 1 atom stereocenters. The zero-order valence-electron chi connectivity index (χ0n) is 16.0. The maximum absolute atomic E-state index is 13.5. The van der Waals surface area contributed by atoms with Crippen LogP contribution in [0.25, 0.3) is 10.9 Å². The molecule has 0 bridgehead atoms. The van der Waals surface area contributed by atoms with E-state index >= 15 is 0 Å². The lowest BCUT2D eigenvalue weighted by Gasteiger charge is -2.41. The average molecular weight is 431 g/mol. The Morgan fingerprint density at radius 2 is 1.93 bits per heavy atom. The number of aromatic nitrogens is 1. The summed E-state index contributed by atoms with van der Waals surface area (Å²) in [6, 6.07) is 16.4. The van der Waals surface area contributed by atoms with Gasteiger partial charge in [0.25, 0.3) is 0 Å². The highest BCUT2D eigenvalue weighted by atomic mass is 35.5. The Labute approximate surface area is 176 Å². The number of aliphatic hydroxyl groups is 1. The lowest BCUT2D eigenvalue weighted by molar-refractivity contribution is 0.0645. The van der Waals surface area contributed by atoms with E-state index in [1.54, 1.807) is 24.4 Å². The van der Waals surface area contributed by atoms with Crippen LogP contribution in [0.15, 0.2) is 65.7 Å². The molecule has 0 aliphatic carbocycles. The van der Waals surface area contributed by atoms with E-state index in [-0.39, 0.29) is 18.0 Å². The fourth-order valence-corrected chi connectivity index (χ4v) is 6.17. The number of halogens is 1. The highest BCUT2D eigenvalue weighted by Gasteiger charge is 2.40. The van der Waals surface area contributed by atoms with Gasteiger partial charge < -0.3 is 5.11 Å². The van der Waals surface area contributed by atoms with Crippen LogP contribution >= 0.6 is 11.6 Å². The quantitative estimate of drug-likeness (QED) is 0.666. The number of sulfonamides is 1. The van der Waals surface area contributed by atoms with Crippen LogP contribution in [0.1, 0.15) is 18.4 Å². The smallest absolute Gasteiger partial charge is 0.245 e. The topological polar surface area (TPSA) is 70.5 Å². The number of hydrogen-bond acceptors (Lipinski definition) is 4. The number of fused-ring (bicyclic) bond motifs is 1. The molecule has 7 heteroatoms. The summed E-state index contributed by atoms with van der Waals surface area (Å²) in [4.78, 5) is 4.52. The van der Waals surface area contributed by atoms with Gasteiger partial charge in [0, 0.05) is 35.1 Å². The van der Waals surface area contributed by atoms with E-state index in [9.17, 15) is 13.5 Å². The van der Waals surface area contributed by atoms with Crippen LogP contribution in [-0.2, 0) is 16.4 Å². The van der Waals surface area contributed by atoms with Crippen molar-refractivity contribution < 1.29 is 13.5 Å². The summed E-state index contributed by atoms with van der Waals surface area (Å²) in [5, 5.41) is 11.7. The van der Waals surface area contributed by atoms with E-state index < -0.39 is 15.4 Å². The van der Waals surface area contributed by atoms with Crippen LogP contribution in [0.3, 0.4) is 0 Å². The number of piperidine rings is 1. The summed E-state index contributed by atoms with van der Waals surface area (Å²) >= 11 is 6.11. The zero-order valence-corrected chi connectivity index (χ0v) is 17.5. The van der Waals surface area contributed by atoms with E-state index in [0.29, 0.717) is 29.9 Å². The van der Waals surface area contributed by atoms with Gasteiger partial charge in [-0.05, 0) is 49.1 Å². The Morgan fingerprint density at radius 1 is 1.14 bits per heavy atom. The van der Waals surface area contributed by atoms with Crippen molar-refractivity contribution in [2.24, 2.45) is 5.41 Å². The van der Waals surface area contributed by atoms with Crippen molar-refractivity contribution in [3.63, 3.8) is 0 Å². The number of aliphatic hydroxyl groups excluding tert-OH is 1. The van der Waals surface area contributed by atoms with E-state index in [1.807, 2.05) is 36.4 Å². The molecule has 5 nitrogen and oxygen atoms in total. The first-order valence-electron chi connectivity index (χ1n) is 9.63. The number of benzene rings is 2. The van der Waals surface area contributed by atoms with Crippen LogP contribution in [0, 0.1) is 5.41 Å². The molecular weight excluding hydrogens is 408 g/mol. The summed E-state index contributed by atoms with van der Waals surface area (Å²) in [5.41, 5.74) is 0.941. The van der Waals surface area contributed by atoms with Gasteiger partial charge in [-0.1, -0.05) is 41.9 Å². The average Bonchev–Trinajstić information content (AvgIpc) is 2.73. The van der Waals surface area contributed by atoms with Gasteiger partial charge in [0.1, 0.15) is 4.90 Å². The van der Waals surface area contributed by atoms with Gasteiger partial charge in [0.05, 0.1) is 12.1 Å². The largest absolute Gasteiger partial charge is 0.396 e. The second-order valence-electron chi connectivity index (χ2n) is 7.74. The Balaban J connectivity index is 1.67. The molecule has 0 saturated carbocycles. The van der Waals surface area contributed by atoms with Crippen molar-refractivity contribution in [1.82, 2.24) is 9.29 Å². The van der Waals surface area contributed by atoms with Crippen molar-refractivity contribution in [3.05, 3.63) is 71.4 Å². The van der Waals surface area contributed by atoms with Gasteiger partial charge in [0.15, 0.2) is 0 Å². The van der Waals surface area contributed by atoms with E-state index in [2.05, 4.69) is 4.98 Å². The molecule has 1 aliphatic rings. The Bertz CT molecular complexity index is 1130. The standard InChI is InChI=1S/C22H23ClN2O3S/c23-19-8-1-5-17(13-19)14-22(16-26)10-4-12-25(15-22)29(27,28)20-9-2-6-18-7-3-11-24-21(18)20/h1-3,5-9,11,13,26H,4,10,12,14-16H2/t22-/m1/s1. The minimum absolute atomic E-state index is 0.0840. The third-order valence-corrected chi connectivity index (χ3v) is 7.76. The van der Waals surface area contributed by atoms with Crippen LogP contribution in [0.5, 0.6) is 0 Å². The maximum Gasteiger partial charge on any atom is 0.245 e. The van der Waals surface area contributed by atoms with Crippen LogP contribution in [0.2, 0.25) is 5.02 Å². The molecule has 2 aromatic carbocycles. The third-order valence-electron chi connectivity index (χ3n) is 5.64. The predicted molar refractivity (Wildman–Crippen MR) is 114 cm³/mol. The molecule has 3 aromatic rings. The number of pyridine rings is 1. The molecular formula is C22H23ClN2O3S. The highest BCUT2D eigenvalue weighted by molar-refractivity contribution is 7.89. The van der Waals surface area contributed by atoms with Crippen molar-refractivity contribution in [1.29, 1.82) is 0 Å². The molecule has 4 rings (SSSR count). The number of hydrogen-bond donors (Lipinski definition) is 1. The van der Waals surface area contributed by atoms with Crippen LogP contribution in [0.4, 0.5) is 0 Å². The zero-order chi connectivity index (χ0) is 20.5. The normalized spacial score (nSPS) is 20.8. The molecule has 1 aliphatic heterocycles. The molecule has 152 valence electrons. The SMILES string of the molecule is O=S(=O)(c1cccc2cccnc12)N1CCC[C@@](CO)(Cc2cccc(Cl)c2)C1. The Hall–Kier alpha value is -1.99. The molecule has 1 fully saturated rings. The van der Waals surface area contributed by atoms with Gasteiger partial charge in [-0.15, -0.1) is 0 Å². The monoisotopic (exact) mass is 430 g/mol. The molecule has 2 heterocycles. The summed E-state index contributed by atoms with van der Waals surface area (Å²) < 4.78 is 28.5. The lowest BCUT2D eigenvalue weighted by Crippen LogP contribution is -2.48. The minimum Gasteiger partial charge on any atom is -0.396 e. The summed E-state index contributed by atoms with van der Waals surface area (Å²) in [6.45, 7) is 0.615. The van der Waals surface area contributed by atoms with E-state index in [0.717, 1.165) is 17.4 Å². The van der Waals surface area contributed by atoms with Crippen LogP contribution < -0.4 is 0 Å². The molecule has 0 unspecified atom stereocenters. The van der Waals surface area contributed by atoms with E-state index in [1.165, 1.54) is 4.31 Å². The predicted octanol–water partition coefficient (Wildman–Crippen LogP) is 3.89. The molecule has 0 spiro atoms. The fraction of sp³-hybridized carbons (Fsp3) is 0.318. The third kappa shape index (κ3) is 4.03. The van der Waals surface area contributed by atoms with Crippen molar-refractivity contribution in [2.75, 3.05) is 19.7 Å². The van der Waals surface area contributed by atoms with Gasteiger partial charge >= 0.3 is 0 Å². The van der Waals surface area contributed by atoms with Gasteiger partial charge in [-0.2, -0.15) is 4.31 Å². The van der Waals surface area contributed by atoms with Crippen molar-refractivity contribution in [3.8, 4) is 0 Å². The molecule has 29 heavy (non-hydrogen) atoms. The van der Waals surface area contributed by atoms with Crippen molar-refractivity contribution in [2.45, 2.75) is 24.2 Å².